The summed E-state index contributed by atoms with van der Waals surface area (Å²) in [6, 6.07) is 40.5. The third-order valence-electron chi connectivity index (χ3n) is 7.02. The Morgan fingerprint density at radius 1 is 0.629 bits per heavy atom. The van der Waals surface area contributed by atoms with E-state index in [-0.39, 0.29) is 0 Å². The number of benzene rings is 5. The maximum atomic E-state index is 15.0. The molecule has 0 bridgehead atoms. The molecule has 0 saturated heterocycles. The van der Waals surface area contributed by atoms with Crippen molar-refractivity contribution in [2.24, 2.45) is 0 Å². The Balaban J connectivity index is 1.63. The fourth-order valence-corrected chi connectivity index (χ4v) is 8.57. The summed E-state index contributed by atoms with van der Waals surface area (Å²) in [7, 11) is -3.01. The standard InChI is InChI=1S/C31H19N2OP/c32-20-21-9-8-10-22(17-21)33-28-15-6-4-13-24(28)26-19-31-27(18-29(26)33)25-14-5-7-16-30(25)35(31,34)23-11-2-1-3-12-23/h1-19H. The number of hydrogen-bond donors (Lipinski definition) is 0. The van der Waals surface area contributed by atoms with Crippen molar-refractivity contribution in [1.29, 1.82) is 5.26 Å². The third-order valence-corrected chi connectivity index (χ3v) is 10.2. The third kappa shape index (κ3) is 2.69. The van der Waals surface area contributed by atoms with Gasteiger partial charge < -0.3 is 9.13 Å². The van der Waals surface area contributed by atoms with Crippen molar-refractivity contribution in [3.63, 3.8) is 0 Å². The van der Waals surface area contributed by atoms with Crippen LogP contribution < -0.4 is 15.9 Å². The number of nitriles is 1. The zero-order valence-corrected chi connectivity index (χ0v) is 19.6. The minimum atomic E-state index is -3.01. The smallest absolute Gasteiger partial charge is 0.172 e. The second-order valence-electron chi connectivity index (χ2n) is 8.86. The van der Waals surface area contributed by atoms with E-state index in [9.17, 15) is 9.83 Å². The molecule has 1 aliphatic rings. The number of fused-ring (bicyclic) bond motifs is 6. The van der Waals surface area contributed by atoms with Gasteiger partial charge >= 0.3 is 0 Å². The van der Waals surface area contributed by atoms with Gasteiger partial charge in [-0.05, 0) is 47.5 Å². The monoisotopic (exact) mass is 466 g/mol. The van der Waals surface area contributed by atoms with E-state index in [1.54, 1.807) is 0 Å². The fourth-order valence-electron chi connectivity index (χ4n) is 5.49. The summed E-state index contributed by atoms with van der Waals surface area (Å²) in [5.41, 5.74) is 5.70. The predicted octanol–water partition coefficient (Wildman–Crippen LogP) is 6.28. The zero-order valence-electron chi connectivity index (χ0n) is 18.7. The highest BCUT2D eigenvalue weighted by Gasteiger charge is 2.40. The summed E-state index contributed by atoms with van der Waals surface area (Å²) < 4.78 is 17.2. The molecular formula is C31H19N2OP. The molecule has 0 radical (unpaired) electrons. The van der Waals surface area contributed by atoms with E-state index in [0.29, 0.717) is 5.56 Å². The normalized spacial score (nSPS) is 16.2. The first-order valence-electron chi connectivity index (χ1n) is 11.5. The lowest BCUT2D eigenvalue weighted by atomic mass is 10.0. The Labute approximate surface area is 202 Å². The van der Waals surface area contributed by atoms with Crippen molar-refractivity contribution in [2.75, 3.05) is 0 Å². The van der Waals surface area contributed by atoms with Crippen LogP contribution in [-0.4, -0.2) is 4.57 Å². The van der Waals surface area contributed by atoms with Crippen molar-refractivity contribution >= 4 is 44.9 Å². The lowest BCUT2D eigenvalue weighted by Gasteiger charge is -2.16. The van der Waals surface area contributed by atoms with Crippen LogP contribution in [0.5, 0.6) is 0 Å². The molecule has 2 heterocycles. The van der Waals surface area contributed by atoms with Crippen molar-refractivity contribution in [3.8, 4) is 22.9 Å². The molecule has 7 rings (SSSR count). The Kier molecular flexibility index (Phi) is 4.18. The molecular weight excluding hydrogens is 447 g/mol. The first-order chi connectivity index (χ1) is 17.2. The topological polar surface area (TPSA) is 45.8 Å². The van der Waals surface area contributed by atoms with Crippen LogP contribution in [0.15, 0.2) is 115 Å². The van der Waals surface area contributed by atoms with Gasteiger partial charge in [0.05, 0.1) is 22.7 Å². The molecule has 0 saturated carbocycles. The minimum absolute atomic E-state index is 0.619. The Bertz CT molecular complexity index is 1890. The van der Waals surface area contributed by atoms with Crippen molar-refractivity contribution in [2.45, 2.75) is 0 Å². The molecule has 0 fully saturated rings. The van der Waals surface area contributed by atoms with Gasteiger partial charge in [0.1, 0.15) is 0 Å². The minimum Gasteiger partial charge on any atom is -0.309 e. The average molecular weight is 466 g/mol. The molecule has 1 aliphatic heterocycles. The van der Waals surface area contributed by atoms with E-state index in [2.05, 4.69) is 41.0 Å². The number of aromatic nitrogens is 1. The predicted molar refractivity (Wildman–Crippen MR) is 144 cm³/mol. The van der Waals surface area contributed by atoms with E-state index >= 15 is 0 Å². The second-order valence-corrected chi connectivity index (χ2v) is 11.6. The van der Waals surface area contributed by atoms with Gasteiger partial charge in [-0.1, -0.05) is 78.9 Å². The van der Waals surface area contributed by atoms with Crippen LogP contribution in [0.2, 0.25) is 0 Å². The highest BCUT2D eigenvalue weighted by atomic mass is 31.2. The van der Waals surface area contributed by atoms with Crippen LogP contribution in [0.25, 0.3) is 38.6 Å². The molecule has 1 unspecified atom stereocenters. The summed E-state index contributed by atoms with van der Waals surface area (Å²) in [5.74, 6) is 0. The number of nitrogens with zero attached hydrogens (tertiary/aromatic N) is 2. The van der Waals surface area contributed by atoms with Crippen LogP contribution in [0.1, 0.15) is 5.56 Å². The molecule has 4 heteroatoms. The van der Waals surface area contributed by atoms with Crippen LogP contribution in [0, 0.1) is 11.3 Å². The van der Waals surface area contributed by atoms with Gasteiger partial charge in [0.25, 0.3) is 0 Å². The van der Waals surface area contributed by atoms with Gasteiger partial charge in [-0.3, -0.25) is 0 Å². The van der Waals surface area contributed by atoms with Gasteiger partial charge in [-0.2, -0.15) is 5.26 Å². The van der Waals surface area contributed by atoms with Crippen LogP contribution in [0.3, 0.4) is 0 Å². The van der Waals surface area contributed by atoms with Gasteiger partial charge in [0, 0.05) is 32.4 Å². The summed E-state index contributed by atoms with van der Waals surface area (Å²) in [4.78, 5) is 0. The first kappa shape index (κ1) is 20.0. The summed E-state index contributed by atoms with van der Waals surface area (Å²) in [5, 5.41) is 14.3. The lowest BCUT2D eigenvalue weighted by Crippen LogP contribution is -2.20. The Hall–Kier alpha value is -4.38. The average Bonchev–Trinajstić information content (AvgIpc) is 3.38. The van der Waals surface area contributed by atoms with Crippen molar-refractivity contribution in [3.05, 3.63) is 121 Å². The molecule has 1 aromatic heterocycles. The van der Waals surface area contributed by atoms with Crippen molar-refractivity contribution < 1.29 is 4.57 Å². The molecule has 0 N–H and O–H groups in total. The lowest BCUT2D eigenvalue weighted by molar-refractivity contribution is 0.593. The molecule has 35 heavy (non-hydrogen) atoms. The molecule has 3 nitrogen and oxygen atoms in total. The first-order valence-corrected chi connectivity index (χ1v) is 13.2. The van der Waals surface area contributed by atoms with E-state index in [4.69, 9.17) is 0 Å². The number of rotatable bonds is 2. The molecule has 0 amide bonds. The molecule has 6 aromatic rings. The largest absolute Gasteiger partial charge is 0.309 e. The fraction of sp³-hybridized carbons (Fsp3) is 0. The Morgan fingerprint density at radius 3 is 2.26 bits per heavy atom. The molecule has 0 spiro atoms. The highest BCUT2D eigenvalue weighted by molar-refractivity contribution is 7.86. The van der Waals surface area contributed by atoms with Crippen molar-refractivity contribution in [1.82, 2.24) is 4.57 Å². The van der Waals surface area contributed by atoms with Crippen LogP contribution >= 0.6 is 7.14 Å². The SMILES string of the molecule is N#Cc1cccc(-n2c3ccccc3c3cc4c(cc32)-c2ccccc2P4(=O)c2ccccc2)c1. The van der Waals surface area contributed by atoms with E-state index in [0.717, 1.165) is 54.5 Å². The second kappa shape index (κ2) is 7.31. The van der Waals surface area contributed by atoms with Crippen LogP contribution in [0.4, 0.5) is 0 Å². The maximum absolute atomic E-state index is 15.0. The highest BCUT2D eigenvalue weighted by Crippen LogP contribution is 2.53. The Morgan fingerprint density at radius 2 is 1.40 bits per heavy atom. The zero-order chi connectivity index (χ0) is 23.6. The number of hydrogen-bond acceptors (Lipinski definition) is 2. The van der Waals surface area contributed by atoms with Gasteiger partial charge in [-0.25, -0.2) is 0 Å². The summed E-state index contributed by atoms with van der Waals surface area (Å²) in [6.45, 7) is 0. The summed E-state index contributed by atoms with van der Waals surface area (Å²) >= 11 is 0. The molecule has 164 valence electrons. The number of para-hydroxylation sites is 1. The van der Waals surface area contributed by atoms with E-state index in [1.165, 1.54) is 0 Å². The van der Waals surface area contributed by atoms with E-state index in [1.807, 2.05) is 84.9 Å². The van der Waals surface area contributed by atoms with Gasteiger partial charge in [0.15, 0.2) is 7.14 Å². The molecule has 0 aliphatic carbocycles. The van der Waals surface area contributed by atoms with Gasteiger partial charge in [0.2, 0.25) is 0 Å². The quantitative estimate of drug-likeness (QED) is 0.282. The van der Waals surface area contributed by atoms with Crippen LogP contribution in [-0.2, 0) is 4.57 Å². The van der Waals surface area contributed by atoms with E-state index < -0.39 is 7.14 Å². The maximum Gasteiger partial charge on any atom is 0.172 e. The molecule has 5 aromatic carbocycles. The summed E-state index contributed by atoms with van der Waals surface area (Å²) in [6.07, 6.45) is 0. The molecule has 1 atom stereocenters. The van der Waals surface area contributed by atoms with Gasteiger partial charge in [-0.15, -0.1) is 0 Å².